The molecule has 1 aromatic rings. The molecule has 0 radical (unpaired) electrons. The Bertz CT molecular complexity index is 537. The molecule has 1 aromatic carbocycles. The summed E-state index contributed by atoms with van der Waals surface area (Å²) in [5.41, 5.74) is 5.50. The van der Waals surface area contributed by atoms with Crippen molar-refractivity contribution in [2.75, 3.05) is 12.3 Å². The summed E-state index contributed by atoms with van der Waals surface area (Å²) in [6, 6.07) is 6.18. The van der Waals surface area contributed by atoms with E-state index in [1.54, 1.807) is 12.1 Å². The predicted octanol–water partition coefficient (Wildman–Crippen LogP) is 2.35. The van der Waals surface area contributed by atoms with Crippen LogP contribution in [0.25, 0.3) is 0 Å². The van der Waals surface area contributed by atoms with E-state index in [2.05, 4.69) is 5.32 Å². The molecule has 1 amide bonds. The van der Waals surface area contributed by atoms with E-state index >= 15 is 0 Å². The van der Waals surface area contributed by atoms with Crippen molar-refractivity contribution in [3.05, 3.63) is 34.4 Å². The molecule has 6 nitrogen and oxygen atoms in total. The van der Waals surface area contributed by atoms with Crippen molar-refractivity contribution in [3.63, 3.8) is 0 Å². The minimum absolute atomic E-state index is 0. The number of carbonyl (C=O) groups is 1. The lowest BCUT2D eigenvalue weighted by Gasteiger charge is -2.29. The normalized spacial score (nSPS) is 16.3. The lowest BCUT2D eigenvalue weighted by molar-refractivity contribution is -0.384. The van der Waals surface area contributed by atoms with E-state index in [0.29, 0.717) is 12.5 Å². The molecule has 1 saturated carbocycles. The van der Waals surface area contributed by atoms with E-state index in [9.17, 15) is 14.9 Å². The average molecular weight is 346 g/mol. The third kappa shape index (κ3) is 4.86. The number of amides is 1. The smallest absolute Gasteiger partial charge is 0.269 e. The van der Waals surface area contributed by atoms with Gasteiger partial charge in [0.15, 0.2) is 0 Å². The Kier molecular flexibility index (Phi) is 6.65. The molecule has 0 heterocycles. The van der Waals surface area contributed by atoms with Crippen LogP contribution >= 0.6 is 24.2 Å². The minimum Gasteiger partial charge on any atom is -0.349 e. The van der Waals surface area contributed by atoms with E-state index in [4.69, 9.17) is 5.73 Å². The number of hydrogen-bond acceptors (Lipinski definition) is 5. The summed E-state index contributed by atoms with van der Waals surface area (Å²) < 4.78 is 0. The molecule has 1 aliphatic carbocycles. The zero-order valence-corrected chi connectivity index (χ0v) is 13.9. The van der Waals surface area contributed by atoms with Gasteiger partial charge >= 0.3 is 0 Å². The van der Waals surface area contributed by atoms with Crippen LogP contribution in [0, 0.1) is 16.0 Å². The summed E-state index contributed by atoms with van der Waals surface area (Å²) in [6.45, 7) is 2.42. The van der Waals surface area contributed by atoms with Crippen LogP contribution < -0.4 is 11.1 Å². The number of nitrogens with zero attached hydrogens (tertiary/aromatic N) is 1. The van der Waals surface area contributed by atoms with E-state index in [0.717, 1.165) is 17.7 Å². The summed E-state index contributed by atoms with van der Waals surface area (Å²) in [5, 5.41) is 13.6. The van der Waals surface area contributed by atoms with Crippen LogP contribution in [0.4, 0.5) is 5.69 Å². The molecular formula is C14H20ClN3O3S. The second-order valence-corrected chi connectivity index (χ2v) is 6.53. The molecule has 0 aliphatic heterocycles. The molecule has 0 spiro atoms. The summed E-state index contributed by atoms with van der Waals surface area (Å²) in [6.07, 6.45) is 2.23. The average Bonchev–Trinajstić information content (AvgIpc) is 3.30. The molecule has 2 rings (SSSR count). The molecule has 0 saturated heterocycles. The number of nitrogens with two attached hydrogens (primary N) is 1. The molecule has 1 fully saturated rings. The van der Waals surface area contributed by atoms with Crippen LogP contribution in [0.5, 0.6) is 0 Å². The van der Waals surface area contributed by atoms with Gasteiger partial charge in [-0.3, -0.25) is 14.9 Å². The number of nitro benzene ring substituents is 1. The van der Waals surface area contributed by atoms with E-state index in [1.165, 1.54) is 23.9 Å². The van der Waals surface area contributed by atoms with Crippen molar-refractivity contribution in [1.29, 1.82) is 0 Å². The highest BCUT2D eigenvalue weighted by atomic mass is 35.5. The highest BCUT2D eigenvalue weighted by molar-refractivity contribution is 8.00. The van der Waals surface area contributed by atoms with Crippen LogP contribution in [0.3, 0.4) is 0 Å². The number of benzene rings is 1. The van der Waals surface area contributed by atoms with E-state index in [-0.39, 0.29) is 35.3 Å². The molecule has 0 bridgehead atoms. The van der Waals surface area contributed by atoms with Gasteiger partial charge in [0.25, 0.3) is 5.69 Å². The topological polar surface area (TPSA) is 98.3 Å². The number of hydrogen-bond donors (Lipinski definition) is 2. The third-order valence-electron chi connectivity index (χ3n) is 3.74. The van der Waals surface area contributed by atoms with Gasteiger partial charge in [-0.05, 0) is 37.8 Å². The first kappa shape index (κ1) is 18.7. The Morgan fingerprint density at radius 2 is 2.05 bits per heavy atom. The fourth-order valence-electron chi connectivity index (χ4n) is 2.21. The first-order valence-electron chi connectivity index (χ1n) is 6.83. The van der Waals surface area contributed by atoms with Gasteiger partial charge in [-0.1, -0.05) is 0 Å². The molecule has 122 valence electrons. The Morgan fingerprint density at radius 3 is 2.50 bits per heavy atom. The van der Waals surface area contributed by atoms with Crippen molar-refractivity contribution in [1.82, 2.24) is 5.32 Å². The van der Waals surface area contributed by atoms with E-state index in [1.807, 2.05) is 6.92 Å². The monoisotopic (exact) mass is 345 g/mol. The second kappa shape index (κ2) is 7.80. The SMILES string of the molecule is CC(CN)(NC(=O)CSc1ccc([N+](=O)[O-])cc1)C1CC1.Cl. The summed E-state index contributed by atoms with van der Waals surface area (Å²) >= 11 is 1.36. The molecule has 3 N–H and O–H groups in total. The lowest BCUT2D eigenvalue weighted by atomic mass is 9.96. The van der Waals surface area contributed by atoms with Crippen LogP contribution in [-0.2, 0) is 4.79 Å². The quantitative estimate of drug-likeness (QED) is 0.449. The van der Waals surface area contributed by atoms with Crippen LogP contribution in [-0.4, -0.2) is 28.7 Å². The number of nitrogens with one attached hydrogen (secondary N) is 1. The standard InChI is InChI=1S/C14H19N3O3S.ClH/c1-14(9-15,10-2-3-10)16-13(18)8-21-12-6-4-11(5-7-12)17(19)20;/h4-7,10H,2-3,8-9,15H2,1H3,(H,16,18);1H. The maximum absolute atomic E-state index is 12.0. The first-order chi connectivity index (χ1) is 9.94. The zero-order chi connectivity index (χ0) is 15.5. The minimum atomic E-state index is -0.441. The van der Waals surface area contributed by atoms with Gasteiger partial charge in [0.05, 0.1) is 16.2 Å². The summed E-state index contributed by atoms with van der Waals surface area (Å²) in [5.74, 6) is 0.703. The van der Waals surface area contributed by atoms with Gasteiger partial charge in [0, 0.05) is 23.6 Å². The van der Waals surface area contributed by atoms with Crippen LogP contribution in [0.2, 0.25) is 0 Å². The maximum atomic E-state index is 12.0. The fourth-order valence-corrected chi connectivity index (χ4v) is 2.91. The fraction of sp³-hybridized carbons (Fsp3) is 0.500. The van der Waals surface area contributed by atoms with Gasteiger partial charge < -0.3 is 11.1 Å². The molecule has 0 aromatic heterocycles. The van der Waals surface area contributed by atoms with Crippen molar-refractivity contribution in [3.8, 4) is 0 Å². The molecule has 22 heavy (non-hydrogen) atoms. The maximum Gasteiger partial charge on any atom is 0.269 e. The predicted molar refractivity (Wildman–Crippen MR) is 89.4 cm³/mol. The number of carbonyl (C=O) groups excluding carboxylic acids is 1. The highest BCUT2D eigenvalue weighted by Crippen LogP contribution is 2.39. The summed E-state index contributed by atoms with van der Waals surface area (Å²) in [4.78, 5) is 23.0. The molecule has 1 aliphatic rings. The van der Waals surface area contributed by atoms with Gasteiger partial charge in [-0.15, -0.1) is 24.2 Å². The Hall–Kier alpha value is -1.31. The number of halogens is 1. The number of rotatable bonds is 7. The van der Waals surface area contributed by atoms with Gasteiger partial charge in [-0.25, -0.2) is 0 Å². The number of nitro groups is 1. The number of thioether (sulfide) groups is 1. The summed E-state index contributed by atoms with van der Waals surface area (Å²) in [7, 11) is 0. The molecule has 8 heteroatoms. The van der Waals surface area contributed by atoms with Crippen molar-refractivity contribution >= 4 is 35.8 Å². The van der Waals surface area contributed by atoms with Crippen molar-refractivity contribution < 1.29 is 9.72 Å². The van der Waals surface area contributed by atoms with Gasteiger partial charge in [-0.2, -0.15) is 0 Å². The van der Waals surface area contributed by atoms with Gasteiger partial charge in [0.1, 0.15) is 0 Å². The molecule has 1 unspecified atom stereocenters. The Balaban J connectivity index is 0.00000242. The number of non-ortho nitro benzene ring substituents is 1. The van der Waals surface area contributed by atoms with Crippen molar-refractivity contribution in [2.24, 2.45) is 11.7 Å². The van der Waals surface area contributed by atoms with Crippen LogP contribution in [0.15, 0.2) is 29.2 Å². The molecular weight excluding hydrogens is 326 g/mol. The van der Waals surface area contributed by atoms with Crippen LogP contribution in [0.1, 0.15) is 19.8 Å². The largest absolute Gasteiger partial charge is 0.349 e. The van der Waals surface area contributed by atoms with Gasteiger partial charge in [0.2, 0.25) is 5.91 Å². The Morgan fingerprint density at radius 1 is 1.45 bits per heavy atom. The third-order valence-corrected chi connectivity index (χ3v) is 4.76. The van der Waals surface area contributed by atoms with Crippen molar-refractivity contribution in [2.45, 2.75) is 30.2 Å². The first-order valence-corrected chi connectivity index (χ1v) is 7.81. The Labute approximate surface area is 139 Å². The lowest BCUT2D eigenvalue weighted by Crippen LogP contribution is -2.53. The highest BCUT2D eigenvalue weighted by Gasteiger charge is 2.41. The zero-order valence-electron chi connectivity index (χ0n) is 12.3. The van der Waals surface area contributed by atoms with E-state index < -0.39 is 4.92 Å². The molecule has 1 atom stereocenters. The second-order valence-electron chi connectivity index (χ2n) is 5.48.